The molecule has 0 heterocycles. The summed E-state index contributed by atoms with van der Waals surface area (Å²) in [5.74, 6) is -0.291. The van der Waals surface area contributed by atoms with Crippen LogP contribution in [0.3, 0.4) is 0 Å². The molecule has 0 aliphatic heterocycles. The van der Waals surface area contributed by atoms with E-state index in [0.717, 1.165) is 0 Å². The second-order valence-electron chi connectivity index (χ2n) is 4.15. The van der Waals surface area contributed by atoms with Crippen molar-refractivity contribution in [2.45, 2.75) is 6.92 Å². The van der Waals surface area contributed by atoms with Gasteiger partial charge in [-0.15, -0.1) is 0 Å². The SMILES string of the molecule is CCOC(=O)c1cc(Oc2cc(F)ccc2Br)ccc1N. The Hall–Kier alpha value is -2.08. The molecule has 0 spiro atoms. The number of anilines is 1. The zero-order chi connectivity index (χ0) is 15.4. The zero-order valence-electron chi connectivity index (χ0n) is 11.2. The first-order valence-corrected chi connectivity index (χ1v) is 7.00. The molecule has 0 saturated heterocycles. The highest BCUT2D eigenvalue weighted by Crippen LogP contribution is 2.31. The van der Waals surface area contributed by atoms with E-state index in [9.17, 15) is 9.18 Å². The van der Waals surface area contributed by atoms with Crippen molar-refractivity contribution in [3.8, 4) is 11.5 Å². The lowest BCUT2D eigenvalue weighted by Gasteiger charge is -2.10. The van der Waals surface area contributed by atoms with Crippen molar-refractivity contribution in [3.05, 3.63) is 52.3 Å². The lowest BCUT2D eigenvalue weighted by Crippen LogP contribution is -2.08. The number of nitrogen functional groups attached to an aromatic ring is 1. The normalized spacial score (nSPS) is 10.2. The fourth-order valence-electron chi connectivity index (χ4n) is 1.67. The molecule has 0 amide bonds. The highest BCUT2D eigenvalue weighted by Gasteiger charge is 2.13. The molecular weight excluding hydrogens is 341 g/mol. The molecule has 0 saturated carbocycles. The third-order valence-corrected chi connectivity index (χ3v) is 3.30. The molecule has 2 N–H and O–H groups in total. The molecule has 0 aliphatic rings. The van der Waals surface area contributed by atoms with Crippen molar-refractivity contribution in [1.82, 2.24) is 0 Å². The molecule has 21 heavy (non-hydrogen) atoms. The molecule has 0 aromatic heterocycles. The minimum atomic E-state index is -0.529. The number of nitrogens with two attached hydrogens (primary N) is 1. The van der Waals surface area contributed by atoms with Gasteiger partial charge in [0.1, 0.15) is 17.3 Å². The van der Waals surface area contributed by atoms with E-state index in [0.29, 0.717) is 21.7 Å². The van der Waals surface area contributed by atoms with Gasteiger partial charge in [0.25, 0.3) is 0 Å². The fourth-order valence-corrected chi connectivity index (χ4v) is 1.99. The van der Waals surface area contributed by atoms with Gasteiger partial charge in [-0.3, -0.25) is 0 Å². The van der Waals surface area contributed by atoms with Crippen LogP contribution >= 0.6 is 15.9 Å². The van der Waals surface area contributed by atoms with E-state index >= 15 is 0 Å². The lowest BCUT2D eigenvalue weighted by molar-refractivity contribution is 0.0527. The summed E-state index contributed by atoms with van der Waals surface area (Å²) in [5.41, 5.74) is 6.24. The van der Waals surface area contributed by atoms with Gasteiger partial charge >= 0.3 is 5.97 Å². The van der Waals surface area contributed by atoms with Gasteiger partial charge in [0.15, 0.2) is 0 Å². The minimum absolute atomic E-state index is 0.210. The van der Waals surface area contributed by atoms with Crippen LogP contribution in [0.4, 0.5) is 10.1 Å². The summed E-state index contributed by atoms with van der Waals surface area (Å²) in [6, 6.07) is 8.68. The third-order valence-electron chi connectivity index (χ3n) is 2.64. The number of carbonyl (C=O) groups excluding carboxylic acids is 1. The van der Waals surface area contributed by atoms with Crippen LogP contribution in [0.15, 0.2) is 40.9 Å². The van der Waals surface area contributed by atoms with E-state index in [4.69, 9.17) is 15.2 Å². The predicted molar refractivity (Wildman–Crippen MR) is 81.0 cm³/mol. The zero-order valence-corrected chi connectivity index (χ0v) is 12.8. The molecule has 0 fully saturated rings. The predicted octanol–water partition coefficient (Wildman–Crippen LogP) is 4.14. The molecule has 0 unspecified atom stereocenters. The molecular formula is C15H13BrFNO3. The smallest absolute Gasteiger partial charge is 0.340 e. The number of benzene rings is 2. The molecule has 2 aromatic rings. The quantitative estimate of drug-likeness (QED) is 0.662. The molecule has 2 aromatic carbocycles. The van der Waals surface area contributed by atoms with Crippen molar-refractivity contribution in [2.24, 2.45) is 0 Å². The van der Waals surface area contributed by atoms with E-state index < -0.39 is 11.8 Å². The van der Waals surface area contributed by atoms with Crippen LogP contribution in [0.5, 0.6) is 11.5 Å². The van der Waals surface area contributed by atoms with Crippen molar-refractivity contribution < 1.29 is 18.7 Å². The molecule has 0 atom stereocenters. The first-order valence-electron chi connectivity index (χ1n) is 6.20. The highest BCUT2D eigenvalue weighted by molar-refractivity contribution is 9.10. The van der Waals surface area contributed by atoms with Gasteiger partial charge in [-0.05, 0) is 53.2 Å². The molecule has 4 nitrogen and oxygen atoms in total. The van der Waals surface area contributed by atoms with Gasteiger partial charge in [-0.1, -0.05) is 0 Å². The Balaban J connectivity index is 2.31. The molecule has 110 valence electrons. The summed E-state index contributed by atoms with van der Waals surface area (Å²) in [7, 11) is 0. The maximum absolute atomic E-state index is 13.2. The summed E-state index contributed by atoms with van der Waals surface area (Å²) in [6.45, 7) is 1.96. The van der Waals surface area contributed by atoms with E-state index in [2.05, 4.69) is 15.9 Å². The van der Waals surface area contributed by atoms with Crippen LogP contribution in [0.1, 0.15) is 17.3 Å². The number of carbonyl (C=O) groups is 1. The molecule has 0 radical (unpaired) electrons. The Bertz CT molecular complexity index is 676. The number of esters is 1. The second kappa shape index (κ2) is 6.58. The topological polar surface area (TPSA) is 61.5 Å². The standard InChI is InChI=1S/C15H13BrFNO3/c1-2-20-15(19)11-8-10(4-6-13(11)18)21-14-7-9(17)3-5-12(14)16/h3-8H,2,18H2,1H3. The van der Waals surface area contributed by atoms with Crippen molar-refractivity contribution >= 4 is 27.6 Å². The number of rotatable bonds is 4. The average Bonchev–Trinajstić information content (AvgIpc) is 2.45. The van der Waals surface area contributed by atoms with Crippen LogP contribution in [0, 0.1) is 5.82 Å². The minimum Gasteiger partial charge on any atom is -0.462 e. The highest BCUT2D eigenvalue weighted by atomic mass is 79.9. The Labute approximate surface area is 129 Å². The molecule has 2 rings (SSSR count). The second-order valence-corrected chi connectivity index (χ2v) is 5.00. The van der Waals surface area contributed by atoms with Gasteiger partial charge < -0.3 is 15.2 Å². The first-order chi connectivity index (χ1) is 10.0. The molecule has 6 heteroatoms. The Morgan fingerprint density at radius 3 is 2.76 bits per heavy atom. The van der Waals surface area contributed by atoms with Crippen molar-refractivity contribution in [3.63, 3.8) is 0 Å². The van der Waals surface area contributed by atoms with E-state index in [1.54, 1.807) is 13.0 Å². The maximum Gasteiger partial charge on any atom is 0.340 e. The summed E-state index contributed by atoms with van der Waals surface area (Å²) < 4.78 is 24.3. The Morgan fingerprint density at radius 1 is 1.29 bits per heavy atom. The largest absolute Gasteiger partial charge is 0.462 e. The maximum atomic E-state index is 13.2. The molecule has 0 bridgehead atoms. The van der Waals surface area contributed by atoms with Gasteiger partial charge in [-0.25, -0.2) is 9.18 Å². The van der Waals surface area contributed by atoms with Crippen LogP contribution in [-0.4, -0.2) is 12.6 Å². The molecule has 0 aliphatic carbocycles. The summed E-state index contributed by atoms with van der Waals surface area (Å²) in [5, 5.41) is 0. The van der Waals surface area contributed by atoms with Crippen LogP contribution in [-0.2, 0) is 4.74 Å². The summed E-state index contributed by atoms with van der Waals surface area (Å²) in [6.07, 6.45) is 0. The van der Waals surface area contributed by atoms with Gasteiger partial charge in [0, 0.05) is 11.8 Å². The Kier molecular flexibility index (Phi) is 4.80. The van der Waals surface area contributed by atoms with Crippen LogP contribution in [0.2, 0.25) is 0 Å². The van der Waals surface area contributed by atoms with Crippen LogP contribution < -0.4 is 10.5 Å². The number of hydrogen-bond acceptors (Lipinski definition) is 4. The lowest BCUT2D eigenvalue weighted by atomic mass is 10.1. The summed E-state index contributed by atoms with van der Waals surface area (Å²) in [4.78, 5) is 11.8. The number of ether oxygens (including phenoxy) is 2. The average molecular weight is 354 g/mol. The van der Waals surface area contributed by atoms with Crippen molar-refractivity contribution in [2.75, 3.05) is 12.3 Å². The fraction of sp³-hybridized carbons (Fsp3) is 0.133. The van der Waals surface area contributed by atoms with E-state index in [1.807, 2.05) is 0 Å². The number of halogens is 2. The van der Waals surface area contributed by atoms with Gasteiger partial charge in [0.2, 0.25) is 0 Å². The third kappa shape index (κ3) is 3.72. The first kappa shape index (κ1) is 15.3. The van der Waals surface area contributed by atoms with Gasteiger partial charge in [-0.2, -0.15) is 0 Å². The van der Waals surface area contributed by atoms with E-state index in [-0.39, 0.29) is 12.2 Å². The monoisotopic (exact) mass is 353 g/mol. The summed E-state index contributed by atoms with van der Waals surface area (Å²) >= 11 is 3.27. The Morgan fingerprint density at radius 2 is 2.05 bits per heavy atom. The van der Waals surface area contributed by atoms with Crippen molar-refractivity contribution in [1.29, 1.82) is 0 Å². The number of hydrogen-bond donors (Lipinski definition) is 1. The van der Waals surface area contributed by atoms with Gasteiger partial charge in [0.05, 0.1) is 16.6 Å². The van der Waals surface area contributed by atoms with E-state index in [1.165, 1.54) is 30.3 Å². The van der Waals surface area contributed by atoms with Crippen LogP contribution in [0.25, 0.3) is 0 Å².